The molecule has 0 radical (unpaired) electrons. The van der Waals surface area contributed by atoms with Crippen LogP contribution in [0.2, 0.25) is 0 Å². The van der Waals surface area contributed by atoms with Crippen molar-refractivity contribution in [1.29, 1.82) is 0 Å². The third-order valence-corrected chi connectivity index (χ3v) is 9.02. The first-order valence-electron chi connectivity index (χ1n) is 10.9. The number of carbonyl (C=O) groups excluding carboxylic acids is 2. The predicted octanol–water partition coefficient (Wildman–Crippen LogP) is 2.87. The van der Waals surface area contributed by atoms with E-state index in [9.17, 15) is 20.0 Å². The van der Waals surface area contributed by atoms with Gasteiger partial charge in [0.05, 0.1) is 6.10 Å². The van der Waals surface area contributed by atoms with Gasteiger partial charge in [-0.1, -0.05) is 18.6 Å². The van der Waals surface area contributed by atoms with Crippen molar-refractivity contribution < 1.29 is 38.7 Å². The Morgan fingerprint density at radius 3 is 2.65 bits per heavy atom. The lowest BCUT2D eigenvalue weighted by molar-refractivity contribution is -0.284. The zero-order chi connectivity index (χ0) is 22.6. The monoisotopic (exact) mass is 436 g/mol. The molecule has 4 aliphatic carbocycles. The van der Waals surface area contributed by atoms with E-state index in [1.54, 1.807) is 33.8 Å². The van der Waals surface area contributed by atoms with Crippen LogP contribution in [0.1, 0.15) is 53.4 Å². The predicted molar refractivity (Wildman–Crippen MR) is 105 cm³/mol. The number of aliphatic hydroxyl groups is 1. The summed E-state index contributed by atoms with van der Waals surface area (Å²) in [7, 11) is 0. The highest BCUT2D eigenvalue weighted by Gasteiger charge is 2.81. The Labute approximate surface area is 180 Å². The summed E-state index contributed by atoms with van der Waals surface area (Å²) in [5.41, 5.74) is -5.10. The van der Waals surface area contributed by atoms with Crippen molar-refractivity contribution in [1.82, 2.24) is 0 Å². The van der Waals surface area contributed by atoms with Crippen molar-refractivity contribution >= 4 is 11.8 Å². The van der Waals surface area contributed by atoms with Crippen LogP contribution in [0.5, 0.6) is 0 Å². The minimum absolute atomic E-state index is 0.0691. The van der Waals surface area contributed by atoms with Crippen LogP contribution in [-0.2, 0) is 24.0 Å². The molecule has 0 aromatic heterocycles. The summed E-state index contributed by atoms with van der Waals surface area (Å²) < 4.78 is 29.3. The number of ether oxygens (including phenoxy) is 2. The van der Waals surface area contributed by atoms with Gasteiger partial charge in [0.15, 0.2) is 17.2 Å². The van der Waals surface area contributed by atoms with Crippen LogP contribution in [-0.4, -0.2) is 51.4 Å². The smallest absolute Gasteiger partial charge is 0.376 e. The van der Waals surface area contributed by atoms with Crippen LogP contribution in [0.25, 0.3) is 0 Å². The minimum atomic E-state index is -2.02. The number of alkyl halides is 1. The van der Waals surface area contributed by atoms with Crippen molar-refractivity contribution in [3.05, 3.63) is 23.8 Å². The first-order chi connectivity index (χ1) is 14.4. The highest BCUT2D eigenvalue weighted by atomic mass is 19.1. The van der Waals surface area contributed by atoms with Crippen LogP contribution in [0.15, 0.2) is 23.8 Å². The normalized spacial score (nSPS) is 52.0. The Balaban J connectivity index is 1.64. The largest absolute Gasteiger partial charge is 0.390 e. The fraction of sp³-hybridized carbons (Fsp3) is 0.739. The average Bonchev–Trinajstić information content (AvgIpc) is 3.09. The molecule has 3 unspecified atom stereocenters. The van der Waals surface area contributed by atoms with Crippen LogP contribution >= 0.6 is 0 Å². The summed E-state index contributed by atoms with van der Waals surface area (Å²) in [6.07, 6.45) is 3.52. The van der Waals surface area contributed by atoms with E-state index in [1.807, 2.05) is 0 Å². The van der Waals surface area contributed by atoms with Gasteiger partial charge in [-0.05, 0) is 64.5 Å². The molecule has 3 saturated carbocycles. The molecule has 1 heterocycles. The standard InChI is InChI=1S/C23H29FO7/c1-19(2)29-17-10-15-14-6-5-12-9-13(25)7-8-20(12,3)22(14,24)16(26)11-21(15,4)23(17,31-19)18(27)30-28/h7-9,14-17,26,28H,5-6,10-11H2,1-4H3/t14-,15?,16-,17?,20-,21-,22?,23-/m0/s1. The van der Waals surface area contributed by atoms with E-state index < -0.39 is 52.0 Å². The highest BCUT2D eigenvalue weighted by Crippen LogP contribution is 2.72. The van der Waals surface area contributed by atoms with Gasteiger partial charge in [-0.15, -0.1) is 0 Å². The van der Waals surface area contributed by atoms with Gasteiger partial charge in [-0.25, -0.2) is 9.18 Å². The quantitative estimate of drug-likeness (QED) is 0.481. The Morgan fingerprint density at radius 2 is 1.97 bits per heavy atom. The van der Waals surface area contributed by atoms with Gasteiger partial charge in [0.25, 0.3) is 0 Å². The minimum Gasteiger partial charge on any atom is -0.390 e. The van der Waals surface area contributed by atoms with E-state index in [-0.39, 0.29) is 18.1 Å². The van der Waals surface area contributed by atoms with Crippen molar-refractivity contribution in [2.45, 2.75) is 82.6 Å². The number of fused-ring (bicyclic) bond motifs is 7. The maximum Gasteiger partial charge on any atom is 0.376 e. The molecule has 0 aromatic rings. The molecule has 31 heavy (non-hydrogen) atoms. The first-order valence-corrected chi connectivity index (χ1v) is 10.9. The summed E-state index contributed by atoms with van der Waals surface area (Å²) >= 11 is 0. The molecule has 5 aliphatic rings. The maximum absolute atomic E-state index is 17.1. The van der Waals surface area contributed by atoms with Crippen molar-refractivity contribution in [2.24, 2.45) is 22.7 Å². The van der Waals surface area contributed by atoms with E-state index in [4.69, 9.17) is 9.47 Å². The average molecular weight is 436 g/mol. The lowest BCUT2D eigenvalue weighted by Crippen LogP contribution is -2.69. The topological polar surface area (TPSA) is 102 Å². The molecule has 5 rings (SSSR count). The van der Waals surface area contributed by atoms with E-state index in [1.165, 1.54) is 12.2 Å². The Hall–Kier alpha value is -1.61. The number of halogens is 1. The fourth-order valence-electron chi connectivity index (χ4n) is 7.73. The van der Waals surface area contributed by atoms with Crippen molar-refractivity contribution in [2.75, 3.05) is 0 Å². The Morgan fingerprint density at radius 1 is 1.26 bits per heavy atom. The molecular weight excluding hydrogens is 407 g/mol. The third kappa shape index (κ3) is 2.27. The number of hydrogen-bond donors (Lipinski definition) is 2. The lowest BCUT2D eigenvalue weighted by atomic mass is 9.45. The molecule has 2 N–H and O–H groups in total. The zero-order valence-corrected chi connectivity index (χ0v) is 18.2. The SMILES string of the molecule is CC1(C)OC2CC3[C@@H]4CCC5=CC(=O)C=C[C@]5(C)C4(F)[C@@H](O)C[C@]3(C)[C@]2(C(=O)OO)O1. The van der Waals surface area contributed by atoms with Crippen LogP contribution in [0.3, 0.4) is 0 Å². The van der Waals surface area contributed by atoms with Gasteiger partial charge in [0.1, 0.15) is 6.10 Å². The Kier molecular flexibility index (Phi) is 4.14. The molecular formula is C23H29FO7. The van der Waals surface area contributed by atoms with E-state index in [0.717, 1.165) is 0 Å². The highest BCUT2D eigenvalue weighted by molar-refractivity contribution is 6.01. The Bertz CT molecular complexity index is 927. The molecule has 4 fully saturated rings. The molecule has 170 valence electrons. The summed E-state index contributed by atoms with van der Waals surface area (Å²) in [4.78, 5) is 29.0. The van der Waals surface area contributed by atoms with Gasteiger partial charge in [-0.2, -0.15) is 5.26 Å². The van der Waals surface area contributed by atoms with Gasteiger partial charge >= 0.3 is 5.97 Å². The van der Waals surface area contributed by atoms with Gasteiger partial charge in [0.2, 0.25) is 5.60 Å². The second-order valence-corrected chi connectivity index (χ2v) is 10.7. The number of rotatable bonds is 1. The molecule has 8 heteroatoms. The molecule has 7 nitrogen and oxygen atoms in total. The van der Waals surface area contributed by atoms with Crippen LogP contribution in [0, 0.1) is 22.7 Å². The fourth-order valence-corrected chi connectivity index (χ4v) is 7.73. The van der Waals surface area contributed by atoms with Crippen molar-refractivity contribution in [3.8, 4) is 0 Å². The molecule has 1 aliphatic heterocycles. The number of carbonyl (C=O) groups is 2. The first kappa shape index (κ1) is 21.2. The summed E-state index contributed by atoms with van der Waals surface area (Å²) in [6.45, 7) is 6.90. The molecule has 8 atom stereocenters. The van der Waals surface area contributed by atoms with E-state index in [2.05, 4.69) is 4.89 Å². The lowest BCUT2D eigenvalue weighted by Gasteiger charge is -2.62. The summed E-state index contributed by atoms with van der Waals surface area (Å²) in [5.74, 6) is -3.19. The molecule has 0 bridgehead atoms. The zero-order valence-electron chi connectivity index (χ0n) is 18.2. The van der Waals surface area contributed by atoms with E-state index in [0.29, 0.717) is 24.8 Å². The number of hydrogen-bond acceptors (Lipinski definition) is 7. The number of allylic oxidation sites excluding steroid dienone is 4. The third-order valence-electron chi connectivity index (χ3n) is 9.02. The van der Waals surface area contributed by atoms with Gasteiger partial charge < -0.3 is 14.6 Å². The van der Waals surface area contributed by atoms with Crippen LogP contribution < -0.4 is 0 Å². The maximum atomic E-state index is 17.1. The van der Waals surface area contributed by atoms with Gasteiger partial charge in [-0.3, -0.25) is 9.68 Å². The second kappa shape index (κ2) is 6.04. The molecule has 0 aromatic carbocycles. The number of ketones is 1. The van der Waals surface area contributed by atoms with Crippen LogP contribution in [0.4, 0.5) is 4.39 Å². The second-order valence-electron chi connectivity index (χ2n) is 10.7. The number of aliphatic hydroxyl groups excluding tert-OH is 1. The van der Waals surface area contributed by atoms with Crippen molar-refractivity contribution in [3.63, 3.8) is 0 Å². The molecule has 1 saturated heterocycles. The van der Waals surface area contributed by atoms with Gasteiger partial charge in [0, 0.05) is 16.7 Å². The molecule has 0 amide bonds. The van der Waals surface area contributed by atoms with E-state index >= 15 is 4.39 Å². The molecule has 0 spiro atoms. The summed E-state index contributed by atoms with van der Waals surface area (Å²) in [6, 6.07) is 0. The summed E-state index contributed by atoms with van der Waals surface area (Å²) in [5, 5.41) is 20.6.